The Hall–Kier alpha value is -2.09. The Kier molecular flexibility index (Phi) is 1.83. The topological polar surface area (TPSA) is 37.3 Å². The van der Waals surface area contributed by atoms with E-state index >= 15 is 0 Å². The number of carbonyl (C=O) groups excluding carboxylic acids is 1. The van der Waals surface area contributed by atoms with Gasteiger partial charge in [0.2, 0.25) is 5.78 Å². The van der Waals surface area contributed by atoms with Gasteiger partial charge in [-0.3, -0.25) is 4.79 Å². The number of Topliss-reactive ketones (excluding diaryl/α,β-unsaturated/α-hetero) is 1. The minimum atomic E-state index is -0.276. The van der Waals surface area contributed by atoms with Crippen LogP contribution < -0.4 is 0 Å². The van der Waals surface area contributed by atoms with E-state index < -0.39 is 0 Å². The molecular formula is C14H10O2. The lowest BCUT2D eigenvalue weighted by Crippen LogP contribution is -2.19. The molecule has 1 aromatic carbocycles. The van der Waals surface area contributed by atoms with Crippen molar-refractivity contribution in [3.8, 4) is 0 Å². The summed E-state index contributed by atoms with van der Waals surface area (Å²) < 4.78 is 0. The highest BCUT2D eigenvalue weighted by molar-refractivity contribution is 6.10. The Bertz CT molecular complexity index is 562. The van der Waals surface area contributed by atoms with Crippen LogP contribution >= 0.6 is 0 Å². The van der Waals surface area contributed by atoms with Crippen molar-refractivity contribution in [2.24, 2.45) is 0 Å². The molecule has 1 atom stereocenters. The number of carbonyl (C=O) groups is 1. The Morgan fingerprint density at radius 1 is 1.12 bits per heavy atom. The van der Waals surface area contributed by atoms with Crippen molar-refractivity contribution < 1.29 is 9.90 Å². The van der Waals surface area contributed by atoms with Crippen LogP contribution in [0, 0.1) is 0 Å². The van der Waals surface area contributed by atoms with Crippen LogP contribution in [0.3, 0.4) is 0 Å². The Morgan fingerprint density at radius 3 is 2.81 bits per heavy atom. The summed E-state index contributed by atoms with van der Waals surface area (Å²) in [4.78, 5) is 11.9. The fourth-order valence-corrected chi connectivity index (χ4v) is 2.27. The third-order valence-corrected chi connectivity index (χ3v) is 3.05. The van der Waals surface area contributed by atoms with E-state index in [1.165, 1.54) is 0 Å². The first-order valence-corrected chi connectivity index (χ1v) is 5.20. The number of aliphatic hydroxyl groups excluding tert-OH is 1. The molecule has 0 saturated heterocycles. The molecule has 0 aliphatic heterocycles. The summed E-state index contributed by atoms with van der Waals surface area (Å²) in [5.74, 6) is -0.384. The van der Waals surface area contributed by atoms with Gasteiger partial charge in [-0.1, -0.05) is 48.6 Å². The minimum absolute atomic E-state index is 0.0129. The number of ketones is 1. The first-order valence-electron chi connectivity index (χ1n) is 5.20. The number of fused-ring (bicyclic) bond motifs is 3. The van der Waals surface area contributed by atoms with Crippen molar-refractivity contribution in [3.05, 3.63) is 71.0 Å². The van der Waals surface area contributed by atoms with Crippen LogP contribution in [0.5, 0.6) is 0 Å². The molecule has 16 heavy (non-hydrogen) atoms. The Balaban J connectivity index is 2.29. The summed E-state index contributed by atoms with van der Waals surface area (Å²) in [7, 11) is 0. The van der Waals surface area contributed by atoms with Crippen LogP contribution in [-0.2, 0) is 0 Å². The number of allylic oxidation sites excluding steroid dienone is 6. The number of aliphatic hydroxyl groups is 1. The molecule has 0 spiro atoms. The van der Waals surface area contributed by atoms with E-state index in [1.807, 2.05) is 36.4 Å². The number of rotatable bonds is 0. The van der Waals surface area contributed by atoms with Crippen molar-refractivity contribution in [2.45, 2.75) is 5.92 Å². The fraction of sp³-hybridized carbons (Fsp3) is 0.0714. The van der Waals surface area contributed by atoms with Gasteiger partial charge in [-0.15, -0.1) is 0 Å². The number of benzene rings is 1. The molecule has 1 aromatic rings. The highest BCUT2D eigenvalue weighted by Gasteiger charge is 2.31. The maximum absolute atomic E-state index is 11.9. The number of hydrogen-bond acceptors (Lipinski definition) is 2. The molecule has 1 unspecified atom stereocenters. The van der Waals surface area contributed by atoms with Gasteiger partial charge >= 0.3 is 0 Å². The van der Waals surface area contributed by atoms with Gasteiger partial charge in [-0.2, -0.15) is 0 Å². The summed E-state index contributed by atoms with van der Waals surface area (Å²) >= 11 is 0. The molecule has 2 aliphatic carbocycles. The minimum Gasteiger partial charge on any atom is -0.504 e. The Morgan fingerprint density at radius 2 is 1.94 bits per heavy atom. The second-order valence-corrected chi connectivity index (χ2v) is 3.94. The smallest absolute Gasteiger partial charge is 0.227 e. The maximum Gasteiger partial charge on any atom is 0.227 e. The van der Waals surface area contributed by atoms with Gasteiger partial charge in [0.15, 0.2) is 5.76 Å². The first kappa shape index (κ1) is 9.16. The zero-order valence-corrected chi connectivity index (χ0v) is 8.55. The summed E-state index contributed by atoms with van der Waals surface area (Å²) in [6.07, 6.45) is 7.57. The van der Waals surface area contributed by atoms with Gasteiger partial charge in [0.05, 0.1) is 0 Å². The Labute approximate surface area is 93.2 Å². The molecular weight excluding hydrogens is 200 g/mol. The van der Waals surface area contributed by atoms with Crippen LogP contribution in [0.25, 0.3) is 0 Å². The van der Waals surface area contributed by atoms with Gasteiger partial charge in [-0.05, 0) is 5.56 Å². The molecule has 2 heteroatoms. The highest BCUT2D eigenvalue weighted by Crippen LogP contribution is 2.38. The second-order valence-electron chi connectivity index (χ2n) is 3.94. The van der Waals surface area contributed by atoms with Crippen LogP contribution in [0.1, 0.15) is 21.8 Å². The van der Waals surface area contributed by atoms with Crippen molar-refractivity contribution >= 4 is 5.78 Å². The van der Waals surface area contributed by atoms with Crippen molar-refractivity contribution in [1.29, 1.82) is 0 Å². The van der Waals surface area contributed by atoms with Gasteiger partial charge in [-0.25, -0.2) is 0 Å². The molecule has 2 nitrogen and oxygen atoms in total. The van der Waals surface area contributed by atoms with Crippen LogP contribution in [0.4, 0.5) is 0 Å². The average molecular weight is 210 g/mol. The average Bonchev–Trinajstić information content (AvgIpc) is 2.36. The first-order chi connectivity index (χ1) is 7.79. The summed E-state index contributed by atoms with van der Waals surface area (Å²) in [6, 6.07) is 7.43. The predicted molar refractivity (Wildman–Crippen MR) is 61.4 cm³/mol. The number of hydrogen-bond donors (Lipinski definition) is 1. The molecule has 2 aliphatic rings. The third kappa shape index (κ3) is 1.10. The van der Waals surface area contributed by atoms with Gasteiger partial charge < -0.3 is 5.11 Å². The molecule has 0 radical (unpaired) electrons. The van der Waals surface area contributed by atoms with E-state index in [0.29, 0.717) is 11.1 Å². The van der Waals surface area contributed by atoms with Crippen LogP contribution in [-0.4, -0.2) is 10.9 Å². The maximum atomic E-state index is 11.9. The van der Waals surface area contributed by atoms with Crippen molar-refractivity contribution in [1.82, 2.24) is 0 Å². The molecule has 0 amide bonds. The normalized spacial score (nSPS) is 22.0. The summed E-state index contributed by atoms with van der Waals surface area (Å²) in [5.41, 5.74) is 2.28. The van der Waals surface area contributed by atoms with Gasteiger partial charge in [0, 0.05) is 17.1 Å². The molecule has 0 fully saturated rings. The van der Waals surface area contributed by atoms with Crippen LogP contribution in [0.15, 0.2) is 59.9 Å². The van der Waals surface area contributed by atoms with Crippen molar-refractivity contribution in [3.63, 3.8) is 0 Å². The van der Waals surface area contributed by atoms with E-state index in [9.17, 15) is 9.90 Å². The van der Waals surface area contributed by atoms with E-state index in [1.54, 1.807) is 12.1 Å². The quantitative estimate of drug-likeness (QED) is 0.714. The monoisotopic (exact) mass is 210 g/mol. The zero-order chi connectivity index (χ0) is 11.1. The standard InChI is InChI=1S/C14H10O2/c15-13-11-7-3-1-5-9(11)10-6-2-4-8-12(10)14(13)16/h1-9,15H. The molecule has 78 valence electrons. The second kappa shape index (κ2) is 3.20. The molecule has 0 saturated carbocycles. The zero-order valence-electron chi connectivity index (χ0n) is 8.55. The molecule has 0 heterocycles. The lowest BCUT2D eigenvalue weighted by Gasteiger charge is -2.25. The SMILES string of the molecule is O=C1C(O)=C2C=CC=CC2c2ccccc21. The van der Waals surface area contributed by atoms with E-state index in [4.69, 9.17) is 0 Å². The summed E-state index contributed by atoms with van der Waals surface area (Å²) in [5, 5.41) is 9.86. The molecule has 3 rings (SSSR count). The predicted octanol–water partition coefficient (Wildman–Crippen LogP) is 2.90. The molecule has 0 aromatic heterocycles. The van der Waals surface area contributed by atoms with E-state index in [0.717, 1.165) is 5.56 Å². The fourth-order valence-electron chi connectivity index (χ4n) is 2.27. The van der Waals surface area contributed by atoms with Gasteiger partial charge in [0.1, 0.15) is 0 Å². The lowest BCUT2D eigenvalue weighted by atomic mass is 9.78. The summed E-state index contributed by atoms with van der Waals surface area (Å²) in [6.45, 7) is 0. The van der Waals surface area contributed by atoms with Crippen LogP contribution in [0.2, 0.25) is 0 Å². The van der Waals surface area contributed by atoms with E-state index in [-0.39, 0.29) is 17.5 Å². The lowest BCUT2D eigenvalue weighted by molar-refractivity contribution is 0.0970. The van der Waals surface area contributed by atoms with E-state index in [2.05, 4.69) is 0 Å². The third-order valence-electron chi connectivity index (χ3n) is 3.05. The largest absolute Gasteiger partial charge is 0.504 e. The molecule has 1 N–H and O–H groups in total. The highest BCUT2D eigenvalue weighted by atomic mass is 16.3. The van der Waals surface area contributed by atoms with Crippen molar-refractivity contribution in [2.75, 3.05) is 0 Å². The van der Waals surface area contributed by atoms with Gasteiger partial charge in [0.25, 0.3) is 0 Å². The molecule has 0 bridgehead atoms.